The van der Waals surface area contributed by atoms with E-state index in [2.05, 4.69) is 10.3 Å². The molecule has 1 N–H and O–H groups in total. The summed E-state index contributed by atoms with van der Waals surface area (Å²) in [5.41, 5.74) is 1.50. The number of carbonyl (C=O) groups is 1. The topological polar surface area (TPSA) is 68.0 Å². The third-order valence-corrected chi connectivity index (χ3v) is 2.84. The van der Waals surface area contributed by atoms with E-state index in [9.17, 15) is 9.18 Å². The Labute approximate surface area is 109 Å². The summed E-state index contributed by atoms with van der Waals surface area (Å²) < 4.78 is 14.7. The van der Waals surface area contributed by atoms with Crippen molar-refractivity contribution < 1.29 is 14.3 Å². The SMILES string of the molecule is Cc1cc(-n2nnc(C(=O)O)c2C(C)C)ccc1F. The minimum Gasteiger partial charge on any atom is -0.476 e. The summed E-state index contributed by atoms with van der Waals surface area (Å²) in [6.45, 7) is 5.36. The van der Waals surface area contributed by atoms with Crippen molar-refractivity contribution in [2.24, 2.45) is 0 Å². The Bertz CT molecular complexity index is 635. The second kappa shape index (κ2) is 4.79. The smallest absolute Gasteiger partial charge is 0.358 e. The number of nitrogens with zero attached hydrogens (tertiary/aromatic N) is 3. The molecule has 2 aromatic rings. The molecule has 0 radical (unpaired) electrons. The highest BCUT2D eigenvalue weighted by Gasteiger charge is 2.22. The standard InChI is InChI=1S/C13H14FN3O2/c1-7(2)12-11(13(18)19)15-16-17(12)9-4-5-10(14)8(3)6-9/h4-7H,1-3H3,(H,18,19). The van der Waals surface area contributed by atoms with Gasteiger partial charge in [-0.15, -0.1) is 5.10 Å². The zero-order valence-electron chi connectivity index (χ0n) is 10.9. The maximum absolute atomic E-state index is 13.3. The number of benzene rings is 1. The van der Waals surface area contributed by atoms with E-state index in [-0.39, 0.29) is 17.4 Å². The van der Waals surface area contributed by atoms with Gasteiger partial charge in [-0.3, -0.25) is 0 Å². The molecule has 0 unspecified atom stereocenters. The van der Waals surface area contributed by atoms with Gasteiger partial charge in [0.15, 0.2) is 5.69 Å². The molecule has 1 aromatic carbocycles. The van der Waals surface area contributed by atoms with Gasteiger partial charge in [0.1, 0.15) is 5.82 Å². The second-order valence-electron chi connectivity index (χ2n) is 4.63. The van der Waals surface area contributed by atoms with Crippen LogP contribution < -0.4 is 0 Å². The summed E-state index contributed by atoms with van der Waals surface area (Å²) >= 11 is 0. The first kappa shape index (κ1) is 13.2. The Hall–Kier alpha value is -2.24. The van der Waals surface area contributed by atoms with Gasteiger partial charge >= 0.3 is 5.97 Å². The molecule has 0 aliphatic rings. The lowest BCUT2D eigenvalue weighted by Crippen LogP contribution is -2.08. The third kappa shape index (κ3) is 2.33. The molecule has 0 saturated heterocycles. The highest BCUT2D eigenvalue weighted by Crippen LogP contribution is 2.22. The number of hydrogen-bond acceptors (Lipinski definition) is 3. The minimum absolute atomic E-state index is 0.0635. The fraction of sp³-hybridized carbons (Fsp3) is 0.308. The largest absolute Gasteiger partial charge is 0.476 e. The van der Waals surface area contributed by atoms with Crippen LogP contribution in [0.25, 0.3) is 5.69 Å². The van der Waals surface area contributed by atoms with E-state index in [0.717, 1.165) is 0 Å². The number of hydrogen-bond donors (Lipinski definition) is 1. The van der Waals surface area contributed by atoms with E-state index in [1.54, 1.807) is 19.1 Å². The van der Waals surface area contributed by atoms with Crippen molar-refractivity contribution in [3.8, 4) is 5.69 Å². The maximum Gasteiger partial charge on any atom is 0.358 e. The van der Waals surface area contributed by atoms with Gasteiger partial charge in [0, 0.05) is 0 Å². The average Bonchev–Trinajstić information content (AvgIpc) is 2.77. The zero-order chi connectivity index (χ0) is 14.2. The van der Waals surface area contributed by atoms with Crippen molar-refractivity contribution in [3.63, 3.8) is 0 Å². The van der Waals surface area contributed by atoms with Crippen LogP contribution in [0.15, 0.2) is 18.2 Å². The Morgan fingerprint density at radius 2 is 2.11 bits per heavy atom. The van der Waals surface area contributed by atoms with Crippen molar-refractivity contribution in [2.45, 2.75) is 26.7 Å². The molecule has 19 heavy (non-hydrogen) atoms. The molecular formula is C13H14FN3O2. The molecule has 1 aromatic heterocycles. The van der Waals surface area contributed by atoms with Crippen molar-refractivity contribution in [2.75, 3.05) is 0 Å². The molecule has 0 fully saturated rings. The number of rotatable bonds is 3. The third-order valence-electron chi connectivity index (χ3n) is 2.84. The Morgan fingerprint density at radius 1 is 1.42 bits per heavy atom. The lowest BCUT2D eigenvalue weighted by molar-refractivity contribution is 0.0688. The van der Waals surface area contributed by atoms with E-state index in [0.29, 0.717) is 16.9 Å². The molecule has 0 aliphatic heterocycles. The van der Waals surface area contributed by atoms with Gasteiger partial charge in [0.2, 0.25) is 0 Å². The van der Waals surface area contributed by atoms with Crippen LogP contribution in [0.2, 0.25) is 0 Å². The predicted octanol–water partition coefficient (Wildman–Crippen LogP) is 2.54. The van der Waals surface area contributed by atoms with Crippen LogP contribution >= 0.6 is 0 Å². The van der Waals surface area contributed by atoms with Crippen molar-refractivity contribution in [1.82, 2.24) is 15.0 Å². The molecular weight excluding hydrogens is 249 g/mol. The first-order valence-electron chi connectivity index (χ1n) is 5.87. The number of carboxylic acids is 1. The second-order valence-corrected chi connectivity index (χ2v) is 4.63. The summed E-state index contributed by atoms with van der Waals surface area (Å²) in [5, 5.41) is 16.6. The van der Waals surface area contributed by atoms with Gasteiger partial charge in [-0.05, 0) is 36.6 Å². The molecule has 100 valence electrons. The first-order valence-corrected chi connectivity index (χ1v) is 5.87. The highest BCUT2D eigenvalue weighted by atomic mass is 19.1. The van der Waals surface area contributed by atoms with Crippen molar-refractivity contribution >= 4 is 5.97 Å². The van der Waals surface area contributed by atoms with E-state index in [1.165, 1.54) is 10.7 Å². The minimum atomic E-state index is -1.12. The van der Waals surface area contributed by atoms with Crippen LogP contribution in [0, 0.1) is 12.7 Å². The van der Waals surface area contributed by atoms with Crippen LogP contribution in [-0.4, -0.2) is 26.1 Å². The Kier molecular flexibility index (Phi) is 3.33. The number of carboxylic acid groups (broad SMARTS) is 1. The lowest BCUT2D eigenvalue weighted by atomic mass is 10.1. The zero-order valence-corrected chi connectivity index (χ0v) is 10.9. The van der Waals surface area contributed by atoms with Crippen molar-refractivity contribution in [1.29, 1.82) is 0 Å². The van der Waals surface area contributed by atoms with Crippen LogP contribution in [0.4, 0.5) is 4.39 Å². The van der Waals surface area contributed by atoms with Gasteiger partial charge in [-0.2, -0.15) is 0 Å². The molecule has 2 rings (SSSR count). The number of aromatic carboxylic acids is 1. The van der Waals surface area contributed by atoms with Crippen LogP contribution in [0.1, 0.15) is 41.5 Å². The van der Waals surface area contributed by atoms with Gasteiger partial charge < -0.3 is 5.11 Å². The molecule has 0 bridgehead atoms. The molecule has 0 atom stereocenters. The fourth-order valence-corrected chi connectivity index (χ4v) is 1.91. The average molecular weight is 263 g/mol. The van der Waals surface area contributed by atoms with Crippen LogP contribution in [-0.2, 0) is 0 Å². The van der Waals surface area contributed by atoms with E-state index < -0.39 is 5.97 Å². The molecule has 6 heteroatoms. The van der Waals surface area contributed by atoms with Gasteiger partial charge in [-0.25, -0.2) is 13.9 Å². The monoisotopic (exact) mass is 263 g/mol. The summed E-state index contributed by atoms with van der Waals surface area (Å²) in [7, 11) is 0. The summed E-state index contributed by atoms with van der Waals surface area (Å²) in [6, 6.07) is 4.49. The quantitative estimate of drug-likeness (QED) is 0.924. The van der Waals surface area contributed by atoms with Crippen molar-refractivity contribution in [3.05, 3.63) is 41.0 Å². The molecule has 0 aliphatic carbocycles. The maximum atomic E-state index is 13.3. The van der Waals surface area contributed by atoms with Gasteiger partial charge in [-0.1, -0.05) is 19.1 Å². The van der Waals surface area contributed by atoms with Crippen LogP contribution in [0.3, 0.4) is 0 Å². The Morgan fingerprint density at radius 3 is 2.63 bits per heavy atom. The highest BCUT2D eigenvalue weighted by molar-refractivity contribution is 5.86. The normalized spacial score (nSPS) is 11.0. The van der Waals surface area contributed by atoms with E-state index >= 15 is 0 Å². The molecule has 5 nitrogen and oxygen atoms in total. The van der Waals surface area contributed by atoms with E-state index in [1.807, 2.05) is 13.8 Å². The summed E-state index contributed by atoms with van der Waals surface area (Å²) in [6.07, 6.45) is 0. The number of aryl methyl sites for hydroxylation is 1. The van der Waals surface area contributed by atoms with Crippen LogP contribution in [0.5, 0.6) is 0 Å². The molecule has 1 heterocycles. The van der Waals surface area contributed by atoms with E-state index in [4.69, 9.17) is 5.11 Å². The summed E-state index contributed by atoms with van der Waals surface area (Å²) in [4.78, 5) is 11.1. The summed E-state index contributed by atoms with van der Waals surface area (Å²) in [5.74, 6) is -1.49. The number of halogens is 1. The molecule has 0 spiro atoms. The van der Waals surface area contributed by atoms with Gasteiger partial charge in [0.05, 0.1) is 11.4 Å². The molecule has 0 amide bonds. The fourth-order valence-electron chi connectivity index (χ4n) is 1.91. The Balaban J connectivity index is 2.62. The lowest BCUT2D eigenvalue weighted by Gasteiger charge is -2.10. The number of aromatic nitrogens is 3. The van der Waals surface area contributed by atoms with Gasteiger partial charge in [0.25, 0.3) is 0 Å². The first-order chi connectivity index (χ1) is 8.91. The predicted molar refractivity (Wildman–Crippen MR) is 67.1 cm³/mol. The molecule has 0 saturated carbocycles.